The van der Waals surface area contributed by atoms with Crippen molar-refractivity contribution in [1.82, 2.24) is 10.2 Å². The van der Waals surface area contributed by atoms with Gasteiger partial charge in [0.1, 0.15) is 0 Å². The van der Waals surface area contributed by atoms with Crippen LogP contribution in [0.2, 0.25) is 0 Å². The predicted molar refractivity (Wildman–Crippen MR) is 181 cm³/mol. The summed E-state index contributed by atoms with van der Waals surface area (Å²) in [5, 5.41) is 6.29. The third kappa shape index (κ3) is 8.11. The van der Waals surface area contributed by atoms with Gasteiger partial charge < -0.3 is 26.2 Å². The summed E-state index contributed by atoms with van der Waals surface area (Å²) in [5.74, 6) is -0.358. The molecule has 238 valence electrons. The Kier molecular flexibility index (Phi) is 9.93. The molecule has 5 rings (SSSR count). The number of hydrogen-bond donors (Lipinski definition) is 3. The highest BCUT2D eigenvalue weighted by Gasteiger charge is 2.25. The zero-order chi connectivity index (χ0) is 32.1. The smallest absolute Gasteiger partial charge is 0.255 e. The Morgan fingerprint density at radius 2 is 1.49 bits per heavy atom. The van der Waals surface area contributed by atoms with E-state index in [9.17, 15) is 14.4 Å². The zero-order valence-electron chi connectivity index (χ0n) is 27.1. The maximum atomic E-state index is 13.5. The Hall–Kier alpha value is -4.17. The summed E-state index contributed by atoms with van der Waals surface area (Å²) < 4.78 is 0. The molecular weight excluding hydrogens is 562 g/mol. The molecule has 0 unspecified atom stereocenters. The zero-order valence-corrected chi connectivity index (χ0v) is 27.1. The standard InChI is InChI=1S/C37H47N5O3/c1-25-7-5-8-28(23-25)36(45)42-20-6-19-41(21-22-42)33-18-11-27(35(44)39-31-16-14-30(38)15-17-31)24-32(33)40-34(43)26-9-12-29(13-10-26)37(2,3)4/h5,7-13,18,23-24,30-31H,6,14-17,19-22,38H2,1-4H3,(H,39,44)(H,40,43). The summed E-state index contributed by atoms with van der Waals surface area (Å²) in [7, 11) is 0. The van der Waals surface area contributed by atoms with Crippen LogP contribution in [0.1, 0.15) is 95.1 Å². The molecule has 0 aromatic heterocycles. The lowest BCUT2D eigenvalue weighted by atomic mass is 9.86. The molecule has 1 aliphatic carbocycles. The van der Waals surface area contributed by atoms with Crippen LogP contribution in [0.4, 0.5) is 11.4 Å². The maximum absolute atomic E-state index is 13.5. The molecule has 1 saturated heterocycles. The lowest BCUT2D eigenvalue weighted by molar-refractivity contribution is 0.0766. The van der Waals surface area contributed by atoms with Gasteiger partial charge in [-0.2, -0.15) is 0 Å². The largest absolute Gasteiger partial charge is 0.368 e. The van der Waals surface area contributed by atoms with Gasteiger partial charge in [0, 0.05) is 55.0 Å². The summed E-state index contributed by atoms with van der Waals surface area (Å²) in [6, 6.07) is 21.2. The fraction of sp³-hybridized carbons (Fsp3) is 0.432. The molecule has 0 atom stereocenters. The number of nitrogens with two attached hydrogens (primary N) is 1. The van der Waals surface area contributed by atoms with Gasteiger partial charge in [-0.05, 0) is 92.5 Å². The van der Waals surface area contributed by atoms with Crippen LogP contribution in [0.3, 0.4) is 0 Å². The number of benzene rings is 3. The van der Waals surface area contributed by atoms with E-state index >= 15 is 0 Å². The molecule has 8 heteroatoms. The molecule has 0 bridgehead atoms. The van der Waals surface area contributed by atoms with Gasteiger partial charge >= 0.3 is 0 Å². The Balaban J connectivity index is 1.37. The highest BCUT2D eigenvalue weighted by Crippen LogP contribution is 2.30. The van der Waals surface area contributed by atoms with Gasteiger partial charge in [-0.15, -0.1) is 0 Å². The van der Waals surface area contributed by atoms with Crippen LogP contribution in [-0.4, -0.2) is 60.9 Å². The van der Waals surface area contributed by atoms with E-state index in [0.717, 1.165) is 48.9 Å². The normalized spacial score (nSPS) is 19.0. The van der Waals surface area contributed by atoms with Crippen LogP contribution in [0.25, 0.3) is 0 Å². The maximum Gasteiger partial charge on any atom is 0.255 e. The molecule has 3 aromatic carbocycles. The summed E-state index contributed by atoms with van der Waals surface area (Å²) >= 11 is 0. The molecule has 0 spiro atoms. The van der Waals surface area contributed by atoms with Gasteiger partial charge in [0.25, 0.3) is 17.7 Å². The Morgan fingerprint density at radius 3 is 2.18 bits per heavy atom. The Labute approximate surface area is 267 Å². The van der Waals surface area contributed by atoms with Crippen LogP contribution < -0.4 is 21.3 Å². The van der Waals surface area contributed by atoms with Crippen LogP contribution >= 0.6 is 0 Å². The number of hydrogen-bond acceptors (Lipinski definition) is 5. The monoisotopic (exact) mass is 609 g/mol. The van der Waals surface area contributed by atoms with Crippen molar-refractivity contribution in [2.24, 2.45) is 5.73 Å². The van der Waals surface area contributed by atoms with Gasteiger partial charge in [-0.25, -0.2) is 0 Å². The molecule has 0 radical (unpaired) electrons. The van der Waals surface area contributed by atoms with Crippen molar-refractivity contribution in [3.05, 3.63) is 94.5 Å². The molecule has 8 nitrogen and oxygen atoms in total. The van der Waals surface area contributed by atoms with Crippen LogP contribution in [-0.2, 0) is 5.41 Å². The van der Waals surface area contributed by atoms with Gasteiger partial charge in [-0.1, -0.05) is 50.6 Å². The highest BCUT2D eigenvalue weighted by molar-refractivity contribution is 6.07. The molecule has 1 aliphatic heterocycles. The second-order valence-corrected chi connectivity index (χ2v) is 13.6. The van der Waals surface area contributed by atoms with Crippen LogP contribution in [0.15, 0.2) is 66.7 Å². The molecule has 4 N–H and O–H groups in total. The lowest BCUT2D eigenvalue weighted by Gasteiger charge is -2.28. The molecule has 2 aliphatic rings. The third-order valence-electron chi connectivity index (χ3n) is 9.02. The van der Waals surface area contributed by atoms with Crippen LogP contribution in [0.5, 0.6) is 0 Å². The molecule has 3 amide bonds. The summed E-state index contributed by atoms with van der Waals surface area (Å²) in [4.78, 5) is 44.3. The van der Waals surface area contributed by atoms with Crippen molar-refractivity contribution in [2.75, 3.05) is 36.4 Å². The number of carbonyl (C=O) groups is 3. The fourth-order valence-electron chi connectivity index (χ4n) is 6.22. The van der Waals surface area contributed by atoms with E-state index in [0.29, 0.717) is 48.6 Å². The predicted octanol–water partition coefficient (Wildman–Crippen LogP) is 5.90. The minimum Gasteiger partial charge on any atom is -0.368 e. The molecule has 1 heterocycles. The number of rotatable bonds is 6. The van der Waals surface area contributed by atoms with Crippen molar-refractivity contribution in [2.45, 2.75) is 77.3 Å². The molecule has 3 aromatic rings. The lowest BCUT2D eigenvalue weighted by Crippen LogP contribution is -2.40. The minimum absolute atomic E-state index is 0.0192. The molecule has 45 heavy (non-hydrogen) atoms. The van der Waals surface area contributed by atoms with Crippen molar-refractivity contribution in [3.8, 4) is 0 Å². The Bertz CT molecular complexity index is 1520. The first-order valence-electron chi connectivity index (χ1n) is 16.2. The van der Waals surface area contributed by atoms with E-state index in [2.05, 4.69) is 36.3 Å². The average Bonchev–Trinajstić information content (AvgIpc) is 3.28. The average molecular weight is 610 g/mol. The van der Waals surface area contributed by atoms with E-state index in [1.54, 1.807) is 6.07 Å². The molecular formula is C37H47N5O3. The number of nitrogens with one attached hydrogen (secondary N) is 2. The highest BCUT2D eigenvalue weighted by atomic mass is 16.2. The van der Waals surface area contributed by atoms with Crippen molar-refractivity contribution in [3.63, 3.8) is 0 Å². The van der Waals surface area contributed by atoms with E-state index < -0.39 is 0 Å². The summed E-state index contributed by atoms with van der Waals surface area (Å²) in [5.41, 5.74) is 11.4. The van der Waals surface area contributed by atoms with E-state index in [4.69, 9.17) is 5.73 Å². The first-order valence-corrected chi connectivity index (χ1v) is 16.2. The number of amides is 3. The van der Waals surface area contributed by atoms with Crippen molar-refractivity contribution < 1.29 is 14.4 Å². The molecule has 2 fully saturated rings. The number of nitrogens with zero attached hydrogens (tertiary/aromatic N) is 2. The van der Waals surface area contributed by atoms with Gasteiger partial charge in [0.15, 0.2) is 0 Å². The number of carbonyl (C=O) groups excluding carboxylic acids is 3. The van der Waals surface area contributed by atoms with E-state index in [1.165, 1.54) is 0 Å². The second-order valence-electron chi connectivity index (χ2n) is 13.6. The summed E-state index contributed by atoms with van der Waals surface area (Å²) in [6.45, 7) is 10.9. The van der Waals surface area contributed by atoms with Crippen LogP contribution in [0, 0.1) is 6.92 Å². The SMILES string of the molecule is Cc1cccc(C(=O)N2CCCN(c3ccc(C(=O)NC4CCC(N)CC4)cc3NC(=O)c3ccc(C(C)(C)C)cc3)CC2)c1. The first kappa shape index (κ1) is 32.2. The molecule has 1 saturated carbocycles. The van der Waals surface area contributed by atoms with Gasteiger partial charge in [0.2, 0.25) is 0 Å². The number of aryl methyl sites for hydroxylation is 1. The third-order valence-corrected chi connectivity index (χ3v) is 9.02. The van der Waals surface area contributed by atoms with Crippen molar-refractivity contribution in [1.29, 1.82) is 0 Å². The topological polar surface area (TPSA) is 108 Å². The van der Waals surface area contributed by atoms with E-state index in [1.807, 2.05) is 72.5 Å². The van der Waals surface area contributed by atoms with E-state index in [-0.39, 0.29) is 35.2 Å². The second kappa shape index (κ2) is 13.9. The van der Waals surface area contributed by atoms with Crippen molar-refractivity contribution >= 4 is 29.1 Å². The van der Waals surface area contributed by atoms with Gasteiger partial charge in [0.05, 0.1) is 11.4 Å². The first-order chi connectivity index (χ1) is 21.5. The Morgan fingerprint density at radius 1 is 0.778 bits per heavy atom. The summed E-state index contributed by atoms with van der Waals surface area (Å²) in [6.07, 6.45) is 4.32. The number of anilines is 2. The minimum atomic E-state index is -0.235. The van der Waals surface area contributed by atoms with Gasteiger partial charge in [-0.3, -0.25) is 14.4 Å². The fourth-order valence-corrected chi connectivity index (χ4v) is 6.22. The quantitative estimate of drug-likeness (QED) is 0.323.